The molecular weight excluding hydrogens is 288 g/mol. The number of rotatable bonds is 2. The second-order valence-corrected chi connectivity index (χ2v) is 5.38. The standard InChI is InChI=1S/C14H16F4N2O/c1-8-4-9(7-19-6-8)13(21)20-10-2-3-12(15)11(5-10)14(16,17)18/h2-3,5,8-9,19H,4,6-7H2,1H3,(H,20,21). The van der Waals surface area contributed by atoms with Crippen molar-refractivity contribution in [3.63, 3.8) is 0 Å². The highest BCUT2D eigenvalue weighted by molar-refractivity contribution is 5.92. The van der Waals surface area contributed by atoms with Crippen molar-refractivity contribution in [1.29, 1.82) is 0 Å². The molecule has 2 rings (SSSR count). The lowest BCUT2D eigenvalue weighted by molar-refractivity contribution is -0.140. The van der Waals surface area contributed by atoms with E-state index in [-0.39, 0.29) is 17.5 Å². The Morgan fingerprint density at radius 3 is 2.67 bits per heavy atom. The number of piperidine rings is 1. The minimum absolute atomic E-state index is 0.0491. The van der Waals surface area contributed by atoms with Crippen molar-refractivity contribution in [2.45, 2.75) is 19.5 Å². The summed E-state index contributed by atoms with van der Waals surface area (Å²) in [4.78, 5) is 12.0. The number of carbonyl (C=O) groups excluding carboxylic acids is 1. The Bertz CT molecular complexity index is 530. The fourth-order valence-electron chi connectivity index (χ4n) is 2.42. The van der Waals surface area contributed by atoms with Crippen LogP contribution in [-0.4, -0.2) is 19.0 Å². The zero-order valence-electron chi connectivity index (χ0n) is 11.4. The quantitative estimate of drug-likeness (QED) is 0.825. The van der Waals surface area contributed by atoms with E-state index in [0.29, 0.717) is 31.0 Å². The second kappa shape index (κ2) is 6.01. The van der Waals surface area contributed by atoms with Gasteiger partial charge in [-0.1, -0.05) is 6.92 Å². The molecule has 21 heavy (non-hydrogen) atoms. The van der Waals surface area contributed by atoms with Crippen molar-refractivity contribution in [2.75, 3.05) is 18.4 Å². The number of hydrogen-bond acceptors (Lipinski definition) is 2. The maximum atomic E-state index is 13.2. The number of amides is 1. The fraction of sp³-hybridized carbons (Fsp3) is 0.500. The molecule has 2 N–H and O–H groups in total. The number of carbonyl (C=O) groups is 1. The van der Waals surface area contributed by atoms with Crippen LogP contribution in [0.25, 0.3) is 0 Å². The molecular formula is C14H16F4N2O. The largest absolute Gasteiger partial charge is 0.419 e. The molecule has 1 amide bonds. The van der Waals surface area contributed by atoms with E-state index >= 15 is 0 Å². The van der Waals surface area contributed by atoms with Crippen LogP contribution in [0.3, 0.4) is 0 Å². The zero-order chi connectivity index (χ0) is 15.6. The number of hydrogen-bond donors (Lipinski definition) is 2. The molecule has 1 aliphatic heterocycles. The third kappa shape index (κ3) is 3.93. The highest BCUT2D eigenvalue weighted by Gasteiger charge is 2.34. The average molecular weight is 304 g/mol. The lowest BCUT2D eigenvalue weighted by Crippen LogP contribution is -2.40. The molecule has 2 unspecified atom stereocenters. The van der Waals surface area contributed by atoms with Crippen LogP contribution in [-0.2, 0) is 11.0 Å². The topological polar surface area (TPSA) is 41.1 Å². The zero-order valence-corrected chi connectivity index (χ0v) is 11.4. The predicted molar refractivity (Wildman–Crippen MR) is 70.2 cm³/mol. The molecule has 0 radical (unpaired) electrons. The molecule has 1 aromatic rings. The van der Waals surface area contributed by atoms with Gasteiger partial charge in [0.15, 0.2) is 0 Å². The van der Waals surface area contributed by atoms with Gasteiger partial charge in [-0.25, -0.2) is 4.39 Å². The van der Waals surface area contributed by atoms with Crippen molar-refractivity contribution in [3.05, 3.63) is 29.6 Å². The summed E-state index contributed by atoms with van der Waals surface area (Å²) < 4.78 is 51.0. The van der Waals surface area contributed by atoms with Gasteiger partial charge in [-0.05, 0) is 37.1 Å². The number of anilines is 1. The third-order valence-corrected chi connectivity index (χ3v) is 3.48. The summed E-state index contributed by atoms with van der Waals surface area (Å²) in [6, 6.07) is 2.45. The van der Waals surface area contributed by atoms with E-state index in [9.17, 15) is 22.4 Å². The highest BCUT2D eigenvalue weighted by atomic mass is 19.4. The smallest absolute Gasteiger partial charge is 0.326 e. The highest BCUT2D eigenvalue weighted by Crippen LogP contribution is 2.33. The summed E-state index contributed by atoms with van der Waals surface area (Å²) in [6.45, 7) is 3.30. The summed E-state index contributed by atoms with van der Waals surface area (Å²) in [5.41, 5.74) is -1.43. The number of alkyl halides is 3. The van der Waals surface area contributed by atoms with Gasteiger partial charge < -0.3 is 10.6 Å². The maximum Gasteiger partial charge on any atom is 0.419 e. The lowest BCUT2D eigenvalue weighted by Gasteiger charge is -2.26. The van der Waals surface area contributed by atoms with Crippen LogP contribution in [0.4, 0.5) is 23.2 Å². The van der Waals surface area contributed by atoms with Crippen molar-refractivity contribution in [3.8, 4) is 0 Å². The van der Waals surface area contributed by atoms with E-state index < -0.39 is 17.6 Å². The van der Waals surface area contributed by atoms with Crippen molar-refractivity contribution >= 4 is 11.6 Å². The molecule has 3 nitrogen and oxygen atoms in total. The van der Waals surface area contributed by atoms with E-state index in [4.69, 9.17) is 0 Å². The SMILES string of the molecule is CC1CNCC(C(=O)Nc2ccc(F)c(C(F)(F)F)c2)C1. The molecule has 0 saturated carbocycles. The summed E-state index contributed by atoms with van der Waals surface area (Å²) >= 11 is 0. The predicted octanol–water partition coefficient (Wildman–Crippen LogP) is 3.03. The Labute approximate surface area is 119 Å². The first-order chi connectivity index (χ1) is 9.77. The number of benzene rings is 1. The molecule has 2 atom stereocenters. The molecule has 0 spiro atoms. The molecule has 116 valence electrons. The van der Waals surface area contributed by atoms with E-state index in [2.05, 4.69) is 10.6 Å². The molecule has 7 heteroatoms. The molecule has 0 aliphatic carbocycles. The van der Waals surface area contributed by atoms with E-state index in [0.717, 1.165) is 12.6 Å². The van der Waals surface area contributed by atoms with Gasteiger partial charge in [-0.15, -0.1) is 0 Å². The molecule has 1 heterocycles. The maximum absolute atomic E-state index is 13.2. The van der Waals surface area contributed by atoms with Crippen LogP contribution in [0, 0.1) is 17.7 Å². The van der Waals surface area contributed by atoms with Crippen LogP contribution >= 0.6 is 0 Å². The molecule has 0 bridgehead atoms. The number of halogens is 4. The van der Waals surface area contributed by atoms with Gasteiger partial charge in [0, 0.05) is 12.2 Å². The third-order valence-electron chi connectivity index (χ3n) is 3.48. The van der Waals surface area contributed by atoms with Crippen molar-refractivity contribution in [2.24, 2.45) is 11.8 Å². The first-order valence-electron chi connectivity index (χ1n) is 6.65. The summed E-state index contributed by atoms with van der Waals surface area (Å²) in [5.74, 6) is -1.68. The van der Waals surface area contributed by atoms with Crippen molar-refractivity contribution in [1.82, 2.24) is 5.32 Å². The van der Waals surface area contributed by atoms with Crippen LogP contribution in [0.5, 0.6) is 0 Å². The van der Waals surface area contributed by atoms with Gasteiger partial charge in [-0.3, -0.25) is 4.79 Å². The van der Waals surface area contributed by atoms with Gasteiger partial charge in [0.2, 0.25) is 5.91 Å². The Balaban J connectivity index is 2.11. The van der Waals surface area contributed by atoms with Crippen molar-refractivity contribution < 1.29 is 22.4 Å². The minimum Gasteiger partial charge on any atom is -0.326 e. The fourth-order valence-corrected chi connectivity index (χ4v) is 2.42. The second-order valence-electron chi connectivity index (χ2n) is 5.38. The van der Waals surface area contributed by atoms with E-state index in [1.165, 1.54) is 0 Å². The van der Waals surface area contributed by atoms with Gasteiger partial charge in [0.25, 0.3) is 0 Å². The minimum atomic E-state index is -4.79. The van der Waals surface area contributed by atoms with Gasteiger partial charge in [0.1, 0.15) is 5.82 Å². The summed E-state index contributed by atoms with van der Waals surface area (Å²) in [5, 5.41) is 5.52. The first-order valence-corrected chi connectivity index (χ1v) is 6.65. The molecule has 1 aromatic carbocycles. The Kier molecular flexibility index (Phi) is 4.51. The monoisotopic (exact) mass is 304 g/mol. The van der Waals surface area contributed by atoms with Crippen LogP contribution in [0.2, 0.25) is 0 Å². The van der Waals surface area contributed by atoms with Gasteiger partial charge >= 0.3 is 6.18 Å². The van der Waals surface area contributed by atoms with Gasteiger partial charge in [-0.2, -0.15) is 13.2 Å². The average Bonchev–Trinajstić information content (AvgIpc) is 2.39. The Morgan fingerprint density at radius 2 is 2.05 bits per heavy atom. The Hall–Kier alpha value is -1.63. The molecule has 1 aliphatic rings. The van der Waals surface area contributed by atoms with Gasteiger partial charge in [0.05, 0.1) is 11.5 Å². The molecule has 1 fully saturated rings. The van der Waals surface area contributed by atoms with E-state index in [1.807, 2.05) is 6.92 Å². The summed E-state index contributed by atoms with van der Waals surface area (Å²) in [6.07, 6.45) is -4.11. The van der Waals surface area contributed by atoms with Crippen LogP contribution in [0.1, 0.15) is 18.9 Å². The molecule has 1 saturated heterocycles. The van der Waals surface area contributed by atoms with Crippen LogP contribution < -0.4 is 10.6 Å². The lowest BCUT2D eigenvalue weighted by atomic mass is 9.91. The normalized spacial score (nSPS) is 22.9. The van der Waals surface area contributed by atoms with Crippen LogP contribution in [0.15, 0.2) is 18.2 Å². The van der Waals surface area contributed by atoms with E-state index in [1.54, 1.807) is 0 Å². The number of nitrogens with one attached hydrogen (secondary N) is 2. The molecule has 0 aromatic heterocycles. The summed E-state index contributed by atoms with van der Waals surface area (Å²) in [7, 11) is 0. The Morgan fingerprint density at radius 1 is 1.33 bits per heavy atom. The first kappa shape index (κ1) is 15.8.